The minimum atomic E-state index is -3.90. The fraction of sp³-hybridized carbons (Fsp3) is 0.263. The molecule has 148 valence electrons. The van der Waals surface area contributed by atoms with Crippen molar-refractivity contribution < 1.29 is 22.7 Å². The van der Waals surface area contributed by atoms with E-state index in [1.165, 1.54) is 13.2 Å². The molecule has 0 radical (unpaired) electrons. The Morgan fingerprint density at radius 3 is 2.61 bits per heavy atom. The van der Waals surface area contributed by atoms with E-state index < -0.39 is 22.0 Å². The van der Waals surface area contributed by atoms with E-state index >= 15 is 0 Å². The number of esters is 1. The van der Waals surface area contributed by atoms with Gasteiger partial charge in [-0.15, -0.1) is 0 Å². The largest absolute Gasteiger partial charge is 0.469 e. The summed E-state index contributed by atoms with van der Waals surface area (Å²) in [6.07, 6.45) is 0.648. The average Bonchev–Trinajstić information content (AvgIpc) is 2.67. The number of nitrogens with one attached hydrogen (secondary N) is 2. The summed E-state index contributed by atoms with van der Waals surface area (Å²) in [6.45, 7) is 0. The highest BCUT2D eigenvalue weighted by molar-refractivity contribution is 9.10. The Morgan fingerprint density at radius 2 is 1.93 bits per heavy atom. The molecule has 0 saturated carbocycles. The van der Waals surface area contributed by atoms with Crippen LogP contribution in [0.4, 0.5) is 5.69 Å². The van der Waals surface area contributed by atoms with Crippen molar-refractivity contribution in [2.24, 2.45) is 0 Å². The van der Waals surface area contributed by atoms with E-state index in [1.54, 1.807) is 36.4 Å². The van der Waals surface area contributed by atoms with Crippen LogP contribution in [0.5, 0.6) is 0 Å². The number of hydrogen-bond acceptors (Lipinski definition) is 5. The lowest BCUT2D eigenvalue weighted by Gasteiger charge is -2.20. The zero-order chi connectivity index (χ0) is 20.3. The van der Waals surface area contributed by atoms with Crippen LogP contribution in [0.3, 0.4) is 0 Å². The maximum Gasteiger partial charge on any atom is 0.307 e. The Morgan fingerprint density at radius 1 is 1.21 bits per heavy atom. The fourth-order valence-electron chi connectivity index (χ4n) is 2.95. The van der Waals surface area contributed by atoms with Gasteiger partial charge >= 0.3 is 5.97 Å². The standard InChI is InChI=1S/C19H19BrN2O5S/c1-27-19(24)11-17(12-2-5-14(20)6-3-12)22-28(25,26)15-7-8-16-13(10-15)4-9-18(23)21-16/h2-3,5-8,10,17,22H,4,9,11H2,1H3,(H,21,23)/t17-/m1/s1. The summed E-state index contributed by atoms with van der Waals surface area (Å²) in [5, 5.41) is 2.72. The van der Waals surface area contributed by atoms with Gasteiger partial charge in [-0.1, -0.05) is 28.1 Å². The van der Waals surface area contributed by atoms with Crippen molar-refractivity contribution in [3.63, 3.8) is 0 Å². The van der Waals surface area contributed by atoms with Gasteiger partial charge in [-0.25, -0.2) is 13.1 Å². The fourth-order valence-corrected chi connectivity index (χ4v) is 4.49. The molecule has 0 spiro atoms. The van der Waals surface area contributed by atoms with Crippen molar-refractivity contribution in [3.05, 3.63) is 58.1 Å². The molecule has 1 aliphatic heterocycles. The van der Waals surface area contributed by atoms with Crippen LogP contribution in [0.15, 0.2) is 51.8 Å². The summed E-state index contributed by atoms with van der Waals surface area (Å²) in [5.74, 6) is -0.613. The Bertz CT molecular complexity index is 1010. The predicted octanol–water partition coefficient (Wildman–Crippen LogP) is 2.92. The van der Waals surface area contributed by atoms with E-state index in [0.717, 1.165) is 10.0 Å². The molecule has 2 aromatic carbocycles. The summed E-state index contributed by atoms with van der Waals surface area (Å²) in [7, 11) is -2.64. The Kier molecular flexibility index (Phi) is 6.17. The molecule has 0 aliphatic carbocycles. The molecule has 1 aliphatic rings. The molecule has 7 nitrogen and oxygen atoms in total. The lowest BCUT2D eigenvalue weighted by Crippen LogP contribution is -2.31. The van der Waals surface area contributed by atoms with Gasteiger partial charge in [0.15, 0.2) is 0 Å². The van der Waals surface area contributed by atoms with Gasteiger partial charge in [0.1, 0.15) is 0 Å². The van der Waals surface area contributed by atoms with Gasteiger partial charge < -0.3 is 10.1 Å². The highest BCUT2D eigenvalue weighted by Gasteiger charge is 2.25. The first-order chi connectivity index (χ1) is 13.3. The predicted molar refractivity (Wildman–Crippen MR) is 107 cm³/mol. The molecule has 0 bridgehead atoms. The van der Waals surface area contributed by atoms with Crippen molar-refractivity contribution in [2.45, 2.75) is 30.2 Å². The van der Waals surface area contributed by atoms with E-state index in [4.69, 9.17) is 4.74 Å². The van der Waals surface area contributed by atoms with Gasteiger partial charge in [0, 0.05) is 16.6 Å². The molecule has 0 fully saturated rings. The van der Waals surface area contributed by atoms with Gasteiger partial charge in [-0.2, -0.15) is 0 Å². The van der Waals surface area contributed by atoms with Gasteiger partial charge in [0.25, 0.3) is 0 Å². The number of aryl methyl sites for hydroxylation is 1. The van der Waals surface area contributed by atoms with E-state index in [1.807, 2.05) is 0 Å². The molecule has 1 heterocycles. The number of ether oxygens (including phenoxy) is 1. The first-order valence-corrected chi connectivity index (χ1v) is 10.8. The van der Waals surface area contributed by atoms with Crippen LogP contribution in [-0.4, -0.2) is 27.4 Å². The monoisotopic (exact) mass is 466 g/mol. The molecule has 0 aromatic heterocycles. The van der Waals surface area contributed by atoms with Crippen LogP contribution in [0.1, 0.15) is 30.0 Å². The summed E-state index contributed by atoms with van der Waals surface area (Å²) >= 11 is 3.34. The number of sulfonamides is 1. The van der Waals surface area contributed by atoms with Gasteiger partial charge in [0.2, 0.25) is 15.9 Å². The van der Waals surface area contributed by atoms with Crippen molar-refractivity contribution in [3.8, 4) is 0 Å². The maximum absolute atomic E-state index is 12.9. The molecule has 3 rings (SSSR count). The second-order valence-electron chi connectivity index (χ2n) is 6.37. The van der Waals surface area contributed by atoms with Gasteiger partial charge in [0.05, 0.1) is 24.5 Å². The number of halogens is 1. The number of rotatable bonds is 6. The maximum atomic E-state index is 12.9. The van der Waals surface area contributed by atoms with Crippen LogP contribution in [0.2, 0.25) is 0 Å². The number of benzene rings is 2. The van der Waals surface area contributed by atoms with Crippen molar-refractivity contribution in [2.75, 3.05) is 12.4 Å². The molecule has 1 atom stereocenters. The first kappa shape index (κ1) is 20.5. The highest BCUT2D eigenvalue weighted by Crippen LogP contribution is 2.27. The first-order valence-electron chi connectivity index (χ1n) is 8.56. The van der Waals surface area contributed by atoms with Crippen molar-refractivity contribution in [1.29, 1.82) is 0 Å². The van der Waals surface area contributed by atoms with Gasteiger partial charge in [-0.3, -0.25) is 9.59 Å². The summed E-state index contributed by atoms with van der Waals surface area (Å²) in [4.78, 5) is 23.4. The number of carbonyl (C=O) groups is 2. The molecule has 2 N–H and O–H groups in total. The van der Waals surface area contributed by atoms with Crippen molar-refractivity contribution in [1.82, 2.24) is 4.72 Å². The number of anilines is 1. The average molecular weight is 467 g/mol. The molecular weight excluding hydrogens is 448 g/mol. The SMILES string of the molecule is COC(=O)C[C@@H](NS(=O)(=O)c1ccc2c(c1)CCC(=O)N2)c1ccc(Br)cc1. The van der Waals surface area contributed by atoms with Gasteiger partial charge in [-0.05, 0) is 47.9 Å². The lowest BCUT2D eigenvalue weighted by atomic mass is 10.0. The smallest absolute Gasteiger partial charge is 0.307 e. The topological polar surface area (TPSA) is 102 Å². The van der Waals surface area contributed by atoms with E-state index in [9.17, 15) is 18.0 Å². The van der Waals surface area contributed by atoms with Crippen LogP contribution >= 0.6 is 15.9 Å². The minimum Gasteiger partial charge on any atom is -0.469 e. The Hall–Kier alpha value is -2.23. The van der Waals surface area contributed by atoms with Crippen molar-refractivity contribution >= 4 is 43.5 Å². The molecule has 28 heavy (non-hydrogen) atoms. The lowest BCUT2D eigenvalue weighted by molar-refractivity contribution is -0.141. The quantitative estimate of drug-likeness (QED) is 0.637. The number of methoxy groups -OCH3 is 1. The molecule has 2 aromatic rings. The number of fused-ring (bicyclic) bond motifs is 1. The molecule has 0 saturated heterocycles. The van der Waals surface area contributed by atoms with E-state index in [2.05, 4.69) is 26.0 Å². The minimum absolute atomic E-state index is 0.0781. The van der Waals surface area contributed by atoms with E-state index in [-0.39, 0.29) is 17.2 Å². The Balaban J connectivity index is 1.89. The van der Waals surface area contributed by atoms with Crippen LogP contribution in [-0.2, 0) is 30.8 Å². The summed E-state index contributed by atoms with van der Waals surface area (Å²) in [5.41, 5.74) is 2.02. The number of hydrogen-bond donors (Lipinski definition) is 2. The molecular formula is C19H19BrN2O5S. The highest BCUT2D eigenvalue weighted by atomic mass is 79.9. The molecule has 1 amide bonds. The normalized spacial score (nSPS) is 14.7. The second kappa shape index (κ2) is 8.42. The zero-order valence-electron chi connectivity index (χ0n) is 15.1. The summed E-state index contributed by atoms with van der Waals surface area (Å²) < 4.78 is 34.0. The molecule has 0 unspecified atom stereocenters. The number of carbonyl (C=O) groups excluding carboxylic acids is 2. The summed E-state index contributed by atoms with van der Waals surface area (Å²) in [6, 6.07) is 10.8. The van der Waals surface area contributed by atoms with E-state index in [0.29, 0.717) is 24.1 Å². The Labute approximate surface area is 171 Å². The third kappa shape index (κ3) is 4.78. The second-order valence-corrected chi connectivity index (χ2v) is 9.00. The number of amides is 1. The van der Waals surface area contributed by atoms with Crippen LogP contribution in [0, 0.1) is 0 Å². The van der Waals surface area contributed by atoms with Crippen LogP contribution < -0.4 is 10.0 Å². The zero-order valence-corrected chi connectivity index (χ0v) is 17.5. The third-order valence-corrected chi connectivity index (χ3v) is 6.45. The molecule has 9 heteroatoms. The van der Waals surface area contributed by atoms with Crippen LogP contribution in [0.25, 0.3) is 0 Å². The third-order valence-electron chi connectivity index (χ3n) is 4.45.